The molecule has 0 unspecified atom stereocenters. The Hall–Kier alpha value is -0.810. The maximum Gasteiger partial charge on any atom is 0.410 e. The van der Waals surface area contributed by atoms with E-state index in [1.165, 1.54) is 58.3 Å². The smallest absolute Gasteiger partial charge is 0.410 e. The van der Waals surface area contributed by atoms with E-state index in [1.807, 2.05) is 25.7 Å². The molecule has 0 aromatic carbocycles. The molecule has 3 saturated heterocycles. The molecule has 5 heteroatoms. The zero-order valence-corrected chi connectivity index (χ0v) is 18.1. The number of nitrogens with zero attached hydrogens (tertiary/aromatic N) is 3. The molecule has 3 fully saturated rings. The lowest BCUT2D eigenvalue weighted by atomic mass is 9.94. The lowest BCUT2D eigenvalue weighted by Gasteiger charge is -2.40. The third-order valence-corrected chi connectivity index (χ3v) is 6.49. The molecular formula is C22H41N3O2. The number of likely N-dealkylation sites (tertiary alicyclic amines) is 3. The molecule has 0 aromatic heterocycles. The molecule has 3 aliphatic heterocycles. The van der Waals surface area contributed by atoms with Crippen LogP contribution in [0.25, 0.3) is 0 Å². The highest BCUT2D eigenvalue weighted by Crippen LogP contribution is 2.25. The van der Waals surface area contributed by atoms with E-state index in [0.29, 0.717) is 5.92 Å². The van der Waals surface area contributed by atoms with E-state index >= 15 is 0 Å². The van der Waals surface area contributed by atoms with Crippen molar-refractivity contribution in [3.8, 4) is 0 Å². The Bertz CT molecular complexity index is 490. The summed E-state index contributed by atoms with van der Waals surface area (Å²) in [6.45, 7) is 16.1. The maximum absolute atomic E-state index is 12.3. The summed E-state index contributed by atoms with van der Waals surface area (Å²) < 4.78 is 5.54. The molecule has 1 amide bonds. The zero-order chi connectivity index (χ0) is 19.4. The molecule has 0 N–H and O–H groups in total. The van der Waals surface area contributed by atoms with Gasteiger partial charge in [-0.15, -0.1) is 0 Å². The first-order chi connectivity index (χ1) is 12.8. The molecule has 156 valence electrons. The summed E-state index contributed by atoms with van der Waals surface area (Å²) in [5, 5.41) is 0. The second-order valence-corrected chi connectivity index (χ2v) is 10.2. The van der Waals surface area contributed by atoms with Crippen LogP contribution in [-0.2, 0) is 4.74 Å². The minimum Gasteiger partial charge on any atom is -0.444 e. The van der Waals surface area contributed by atoms with Crippen LogP contribution in [0.3, 0.4) is 0 Å². The van der Waals surface area contributed by atoms with Crippen LogP contribution in [0.5, 0.6) is 0 Å². The minimum absolute atomic E-state index is 0.138. The fourth-order valence-corrected chi connectivity index (χ4v) is 5.07. The number of ether oxygens (including phenoxy) is 1. The van der Waals surface area contributed by atoms with Crippen molar-refractivity contribution in [1.82, 2.24) is 14.7 Å². The van der Waals surface area contributed by atoms with Crippen molar-refractivity contribution in [2.75, 3.05) is 45.8 Å². The number of hydrogen-bond donors (Lipinski definition) is 0. The van der Waals surface area contributed by atoms with Crippen LogP contribution < -0.4 is 0 Å². The Morgan fingerprint density at radius 1 is 0.926 bits per heavy atom. The first-order valence-corrected chi connectivity index (χ1v) is 11.2. The molecular weight excluding hydrogens is 338 g/mol. The lowest BCUT2D eigenvalue weighted by Crippen LogP contribution is -2.46. The van der Waals surface area contributed by atoms with Gasteiger partial charge < -0.3 is 19.4 Å². The summed E-state index contributed by atoms with van der Waals surface area (Å²) >= 11 is 0. The molecule has 0 radical (unpaired) electrons. The minimum atomic E-state index is -0.402. The van der Waals surface area contributed by atoms with E-state index in [2.05, 4.69) is 16.7 Å². The number of carbonyl (C=O) groups excluding carboxylic acids is 1. The molecule has 3 heterocycles. The van der Waals surface area contributed by atoms with Crippen LogP contribution in [0.4, 0.5) is 4.79 Å². The average Bonchev–Trinajstić information content (AvgIpc) is 3.04. The van der Waals surface area contributed by atoms with Gasteiger partial charge in [0, 0.05) is 38.8 Å². The molecule has 0 aromatic rings. The van der Waals surface area contributed by atoms with Crippen molar-refractivity contribution in [2.45, 2.75) is 77.9 Å². The highest BCUT2D eigenvalue weighted by Gasteiger charge is 2.32. The largest absolute Gasteiger partial charge is 0.444 e. The highest BCUT2D eigenvalue weighted by molar-refractivity contribution is 5.68. The summed E-state index contributed by atoms with van der Waals surface area (Å²) in [5.41, 5.74) is -0.402. The molecule has 5 nitrogen and oxygen atoms in total. The monoisotopic (exact) mass is 379 g/mol. The van der Waals surface area contributed by atoms with Gasteiger partial charge in [-0.25, -0.2) is 4.79 Å². The predicted octanol–water partition coefficient (Wildman–Crippen LogP) is 3.83. The van der Waals surface area contributed by atoms with Crippen LogP contribution in [0.15, 0.2) is 0 Å². The van der Waals surface area contributed by atoms with Crippen molar-refractivity contribution in [2.24, 2.45) is 11.8 Å². The third kappa shape index (κ3) is 6.35. The van der Waals surface area contributed by atoms with Gasteiger partial charge in [0.05, 0.1) is 0 Å². The van der Waals surface area contributed by atoms with Gasteiger partial charge in [0.15, 0.2) is 0 Å². The van der Waals surface area contributed by atoms with Crippen molar-refractivity contribution < 1.29 is 9.53 Å². The van der Waals surface area contributed by atoms with Crippen molar-refractivity contribution >= 4 is 6.09 Å². The first-order valence-electron chi connectivity index (χ1n) is 11.2. The van der Waals surface area contributed by atoms with Crippen LogP contribution in [0, 0.1) is 11.8 Å². The van der Waals surface area contributed by atoms with Gasteiger partial charge in [-0.1, -0.05) is 6.42 Å². The van der Waals surface area contributed by atoms with Crippen molar-refractivity contribution in [3.05, 3.63) is 0 Å². The second kappa shape index (κ2) is 9.13. The summed E-state index contributed by atoms with van der Waals surface area (Å²) in [6, 6.07) is 0.770. The maximum atomic E-state index is 12.3. The summed E-state index contributed by atoms with van der Waals surface area (Å²) in [7, 11) is 0. The van der Waals surface area contributed by atoms with Crippen LogP contribution in [-0.4, -0.2) is 78.2 Å². The van der Waals surface area contributed by atoms with E-state index in [4.69, 9.17) is 4.74 Å². The number of piperidine rings is 2. The van der Waals surface area contributed by atoms with Gasteiger partial charge in [-0.05, 0) is 84.7 Å². The molecule has 3 rings (SSSR count). The molecule has 0 aliphatic carbocycles. The van der Waals surface area contributed by atoms with Gasteiger partial charge in [-0.3, -0.25) is 0 Å². The van der Waals surface area contributed by atoms with Crippen molar-refractivity contribution in [3.63, 3.8) is 0 Å². The van der Waals surface area contributed by atoms with Gasteiger partial charge in [0.2, 0.25) is 0 Å². The Morgan fingerprint density at radius 3 is 2.44 bits per heavy atom. The van der Waals surface area contributed by atoms with Crippen LogP contribution >= 0.6 is 0 Å². The Morgan fingerprint density at radius 2 is 1.70 bits per heavy atom. The summed E-state index contributed by atoms with van der Waals surface area (Å²) in [5.74, 6) is 1.42. The number of carbonyl (C=O) groups is 1. The summed E-state index contributed by atoms with van der Waals surface area (Å²) in [6.07, 6.45) is 7.85. The number of hydrogen-bond acceptors (Lipinski definition) is 4. The Balaban J connectivity index is 1.42. The van der Waals surface area contributed by atoms with Gasteiger partial charge >= 0.3 is 6.09 Å². The Kier molecular flexibility index (Phi) is 7.07. The van der Waals surface area contributed by atoms with E-state index in [-0.39, 0.29) is 6.09 Å². The average molecular weight is 380 g/mol. The van der Waals surface area contributed by atoms with Gasteiger partial charge in [-0.2, -0.15) is 0 Å². The third-order valence-electron chi connectivity index (χ3n) is 6.49. The van der Waals surface area contributed by atoms with E-state index in [1.54, 1.807) is 0 Å². The zero-order valence-electron chi connectivity index (χ0n) is 18.1. The quantitative estimate of drug-likeness (QED) is 0.744. The SMILES string of the molecule is C[C@@H]1CCCCN1C[C@H]1CCCN(C[C@@H]2CCN(C(=O)OC(C)(C)C)C2)C1. The molecule has 3 aliphatic rings. The standard InChI is InChI=1S/C22H41N3O2/c1-18-8-5-6-12-24(18)16-19-9-7-11-23(14-19)15-20-10-13-25(17-20)21(26)27-22(2,3)4/h18-20H,5-17H2,1-4H3/t18-,19+,20+/m1/s1. The topological polar surface area (TPSA) is 36.0 Å². The van der Waals surface area contributed by atoms with Gasteiger partial charge in [0.25, 0.3) is 0 Å². The molecule has 0 bridgehead atoms. The number of amides is 1. The molecule has 27 heavy (non-hydrogen) atoms. The lowest BCUT2D eigenvalue weighted by molar-refractivity contribution is 0.0282. The predicted molar refractivity (Wildman–Crippen MR) is 110 cm³/mol. The van der Waals surface area contributed by atoms with Gasteiger partial charge in [0.1, 0.15) is 5.60 Å². The van der Waals surface area contributed by atoms with Crippen LogP contribution in [0.1, 0.15) is 66.2 Å². The summed E-state index contributed by atoms with van der Waals surface area (Å²) in [4.78, 5) is 19.6. The molecule has 0 spiro atoms. The number of rotatable bonds is 4. The van der Waals surface area contributed by atoms with E-state index in [9.17, 15) is 4.79 Å². The Labute approximate surface area is 166 Å². The van der Waals surface area contributed by atoms with E-state index < -0.39 is 5.60 Å². The fourth-order valence-electron chi connectivity index (χ4n) is 5.07. The normalized spacial score (nSPS) is 31.3. The van der Waals surface area contributed by atoms with E-state index in [0.717, 1.165) is 38.0 Å². The second-order valence-electron chi connectivity index (χ2n) is 10.2. The fraction of sp³-hybridized carbons (Fsp3) is 0.955. The molecule has 3 atom stereocenters. The first kappa shape index (κ1) is 20.9. The highest BCUT2D eigenvalue weighted by atomic mass is 16.6. The molecule has 0 saturated carbocycles. The van der Waals surface area contributed by atoms with Crippen LogP contribution in [0.2, 0.25) is 0 Å². The van der Waals surface area contributed by atoms with Crippen molar-refractivity contribution in [1.29, 1.82) is 0 Å².